The third kappa shape index (κ3) is 4.73. The van der Waals surface area contributed by atoms with Gasteiger partial charge in [0.1, 0.15) is 0 Å². The topological polar surface area (TPSA) is 24.9 Å². The summed E-state index contributed by atoms with van der Waals surface area (Å²) in [6.45, 7) is 2.12. The molecule has 0 bridgehead atoms. The van der Waals surface area contributed by atoms with Crippen molar-refractivity contribution < 1.29 is 0 Å². The number of hydrogen-bond donors (Lipinski definition) is 1. The zero-order chi connectivity index (χ0) is 14.4. The van der Waals surface area contributed by atoms with Gasteiger partial charge in [-0.2, -0.15) is 0 Å². The van der Waals surface area contributed by atoms with E-state index in [0.29, 0.717) is 6.04 Å². The molecule has 1 atom stereocenters. The molecular formula is C17H21BrN2. The van der Waals surface area contributed by atoms with Gasteiger partial charge in [-0.1, -0.05) is 29.8 Å². The predicted octanol–water partition coefficient (Wildman–Crippen LogP) is 3.92. The lowest BCUT2D eigenvalue weighted by molar-refractivity contribution is 0.515. The van der Waals surface area contributed by atoms with Crippen molar-refractivity contribution in [2.75, 3.05) is 7.05 Å². The van der Waals surface area contributed by atoms with E-state index in [4.69, 9.17) is 0 Å². The van der Waals surface area contributed by atoms with Gasteiger partial charge in [-0.3, -0.25) is 4.98 Å². The summed E-state index contributed by atoms with van der Waals surface area (Å²) in [6, 6.07) is 13.4. The Kier molecular flexibility index (Phi) is 5.74. The molecule has 2 rings (SSSR count). The number of nitrogens with zero attached hydrogens (tertiary/aromatic N) is 1. The number of benzene rings is 1. The molecule has 20 heavy (non-hydrogen) atoms. The molecule has 0 aliphatic carbocycles. The van der Waals surface area contributed by atoms with Crippen molar-refractivity contribution in [1.29, 1.82) is 0 Å². The van der Waals surface area contributed by atoms with Crippen molar-refractivity contribution in [3.05, 3.63) is 63.9 Å². The number of pyridine rings is 1. The average molecular weight is 333 g/mol. The second kappa shape index (κ2) is 7.55. The maximum absolute atomic E-state index is 4.45. The highest BCUT2D eigenvalue weighted by Crippen LogP contribution is 2.12. The third-order valence-electron chi connectivity index (χ3n) is 3.55. The van der Waals surface area contributed by atoms with Gasteiger partial charge in [-0.15, -0.1) is 0 Å². The van der Waals surface area contributed by atoms with Crippen LogP contribution in [-0.4, -0.2) is 18.1 Å². The summed E-state index contributed by atoms with van der Waals surface area (Å²) in [5, 5.41) is 3.40. The fraction of sp³-hybridized carbons (Fsp3) is 0.353. The van der Waals surface area contributed by atoms with Crippen LogP contribution in [0.1, 0.15) is 23.2 Å². The van der Waals surface area contributed by atoms with E-state index in [-0.39, 0.29) is 0 Å². The minimum Gasteiger partial charge on any atom is -0.317 e. The number of hydrogen-bond acceptors (Lipinski definition) is 2. The van der Waals surface area contributed by atoms with E-state index in [2.05, 4.69) is 69.6 Å². The van der Waals surface area contributed by atoms with Crippen LogP contribution in [0.4, 0.5) is 0 Å². The van der Waals surface area contributed by atoms with E-state index in [9.17, 15) is 0 Å². The molecule has 1 aromatic carbocycles. The molecule has 0 aliphatic rings. The normalized spacial score (nSPS) is 12.3. The highest BCUT2D eigenvalue weighted by atomic mass is 79.9. The maximum Gasteiger partial charge on any atom is 0.0419 e. The number of nitrogens with one attached hydrogen (secondary N) is 1. The fourth-order valence-electron chi connectivity index (χ4n) is 2.22. The molecule has 1 N–H and O–H groups in total. The highest BCUT2D eigenvalue weighted by Gasteiger charge is 2.08. The minimum absolute atomic E-state index is 0.463. The minimum atomic E-state index is 0.463. The number of likely N-dealkylation sites (N-methyl/N-ethyl adjacent to an activating group) is 1. The summed E-state index contributed by atoms with van der Waals surface area (Å²) in [5.74, 6) is 0. The first kappa shape index (κ1) is 15.2. The molecule has 0 aliphatic heterocycles. The van der Waals surface area contributed by atoms with Crippen LogP contribution >= 0.6 is 15.9 Å². The van der Waals surface area contributed by atoms with Crippen LogP contribution in [0.25, 0.3) is 0 Å². The van der Waals surface area contributed by atoms with E-state index in [1.165, 1.54) is 11.1 Å². The van der Waals surface area contributed by atoms with E-state index in [1.54, 1.807) is 0 Å². The lowest BCUT2D eigenvalue weighted by Crippen LogP contribution is -2.28. The number of rotatable bonds is 6. The Morgan fingerprint density at radius 3 is 2.50 bits per heavy atom. The quantitative estimate of drug-likeness (QED) is 0.867. The summed E-state index contributed by atoms with van der Waals surface area (Å²) >= 11 is 3.42. The second-order valence-electron chi connectivity index (χ2n) is 5.18. The maximum atomic E-state index is 4.45. The molecule has 3 heteroatoms. The number of aryl methyl sites for hydroxylation is 2. The lowest BCUT2D eigenvalue weighted by atomic mass is 10.0. The fourth-order valence-corrected chi connectivity index (χ4v) is 2.46. The second-order valence-corrected chi connectivity index (χ2v) is 6.10. The number of aromatic nitrogens is 1. The Balaban J connectivity index is 1.88. The Labute approximate surface area is 129 Å². The highest BCUT2D eigenvalue weighted by molar-refractivity contribution is 9.10. The van der Waals surface area contributed by atoms with Crippen molar-refractivity contribution in [2.24, 2.45) is 0 Å². The standard InChI is InChI=1S/C17H21BrN2/c1-13-3-5-14(6-4-13)7-9-16(19-2)11-17-10-8-15(18)12-20-17/h3-6,8,10,12,16,19H,7,9,11H2,1-2H3. The van der Waals surface area contributed by atoms with Gasteiger partial charge in [0.25, 0.3) is 0 Å². The van der Waals surface area contributed by atoms with Crippen LogP contribution < -0.4 is 5.32 Å². The third-order valence-corrected chi connectivity index (χ3v) is 4.02. The van der Waals surface area contributed by atoms with Crippen LogP contribution in [0.2, 0.25) is 0 Å². The van der Waals surface area contributed by atoms with E-state index in [0.717, 1.165) is 29.4 Å². The van der Waals surface area contributed by atoms with Crippen molar-refractivity contribution in [1.82, 2.24) is 10.3 Å². The zero-order valence-electron chi connectivity index (χ0n) is 12.1. The lowest BCUT2D eigenvalue weighted by Gasteiger charge is -2.16. The van der Waals surface area contributed by atoms with Gasteiger partial charge < -0.3 is 5.32 Å². The van der Waals surface area contributed by atoms with Crippen LogP contribution in [0.3, 0.4) is 0 Å². The Hall–Kier alpha value is -1.19. The van der Waals surface area contributed by atoms with Crippen molar-refractivity contribution in [3.63, 3.8) is 0 Å². The molecule has 2 nitrogen and oxygen atoms in total. The van der Waals surface area contributed by atoms with Crippen molar-refractivity contribution in [3.8, 4) is 0 Å². The van der Waals surface area contributed by atoms with Gasteiger partial charge in [-0.05, 0) is 60.4 Å². The average Bonchev–Trinajstić information content (AvgIpc) is 2.47. The first-order chi connectivity index (χ1) is 9.67. The van der Waals surface area contributed by atoms with Crippen molar-refractivity contribution >= 4 is 15.9 Å². The Bertz CT molecular complexity index is 520. The van der Waals surface area contributed by atoms with E-state index >= 15 is 0 Å². The smallest absolute Gasteiger partial charge is 0.0419 e. The summed E-state index contributed by atoms with van der Waals surface area (Å²) in [7, 11) is 2.03. The molecule has 0 radical (unpaired) electrons. The van der Waals surface area contributed by atoms with Crippen LogP contribution in [0.5, 0.6) is 0 Å². The first-order valence-electron chi connectivity index (χ1n) is 7.00. The monoisotopic (exact) mass is 332 g/mol. The molecule has 106 valence electrons. The van der Waals surface area contributed by atoms with E-state index < -0.39 is 0 Å². The molecule has 1 aromatic heterocycles. The molecule has 0 fully saturated rings. The van der Waals surface area contributed by atoms with Crippen LogP contribution in [-0.2, 0) is 12.8 Å². The SMILES string of the molecule is CNC(CCc1ccc(C)cc1)Cc1ccc(Br)cn1. The first-order valence-corrected chi connectivity index (χ1v) is 7.80. The van der Waals surface area contributed by atoms with Crippen LogP contribution in [0.15, 0.2) is 47.1 Å². The molecule has 0 saturated carbocycles. The molecule has 1 heterocycles. The molecule has 0 amide bonds. The largest absolute Gasteiger partial charge is 0.317 e. The Morgan fingerprint density at radius 2 is 1.90 bits per heavy atom. The molecule has 0 saturated heterocycles. The molecule has 1 unspecified atom stereocenters. The van der Waals surface area contributed by atoms with Crippen molar-refractivity contribution in [2.45, 2.75) is 32.2 Å². The number of halogens is 1. The predicted molar refractivity (Wildman–Crippen MR) is 88.0 cm³/mol. The molecule has 2 aromatic rings. The Morgan fingerprint density at radius 1 is 1.15 bits per heavy atom. The summed E-state index contributed by atoms with van der Waals surface area (Å²) in [6.07, 6.45) is 5.05. The summed E-state index contributed by atoms with van der Waals surface area (Å²) in [5.41, 5.74) is 3.86. The van der Waals surface area contributed by atoms with Gasteiger partial charge >= 0.3 is 0 Å². The van der Waals surface area contributed by atoms with E-state index in [1.807, 2.05) is 13.2 Å². The van der Waals surface area contributed by atoms with Crippen LogP contribution in [0, 0.1) is 6.92 Å². The van der Waals surface area contributed by atoms with Gasteiger partial charge in [0.15, 0.2) is 0 Å². The summed E-state index contributed by atoms with van der Waals surface area (Å²) < 4.78 is 1.03. The van der Waals surface area contributed by atoms with Gasteiger partial charge in [0, 0.05) is 28.8 Å². The zero-order valence-corrected chi connectivity index (χ0v) is 13.7. The molecule has 0 spiro atoms. The molecular weight excluding hydrogens is 312 g/mol. The van der Waals surface area contributed by atoms with Gasteiger partial charge in [0.2, 0.25) is 0 Å². The van der Waals surface area contributed by atoms with Gasteiger partial charge in [0.05, 0.1) is 0 Å². The van der Waals surface area contributed by atoms with Gasteiger partial charge in [-0.25, -0.2) is 0 Å². The summed E-state index contributed by atoms with van der Waals surface area (Å²) in [4.78, 5) is 4.45.